The molecule has 1 aliphatic heterocycles. The van der Waals surface area contributed by atoms with E-state index in [1.165, 1.54) is 18.2 Å². The van der Waals surface area contributed by atoms with Crippen LogP contribution in [0.15, 0.2) is 24.3 Å². The summed E-state index contributed by atoms with van der Waals surface area (Å²) in [5, 5.41) is 3.12. The van der Waals surface area contributed by atoms with Gasteiger partial charge in [0.1, 0.15) is 5.75 Å². The predicted molar refractivity (Wildman–Crippen MR) is 107 cm³/mol. The van der Waals surface area contributed by atoms with Crippen molar-refractivity contribution in [1.82, 2.24) is 10.2 Å². The van der Waals surface area contributed by atoms with E-state index in [9.17, 15) is 18.4 Å². The van der Waals surface area contributed by atoms with E-state index in [0.29, 0.717) is 25.9 Å². The minimum atomic E-state index is -3.01. The van der Waals surface area contributed by atoms with Crippen molar-refractivity contribution in [2.24, 2.45) is 11.7 Å². The first-order chi connectivity index (χ1) is 13.4. The summed E-state index contributed by atoms with van der Waals surface area (Å²) in [5.41, 5.74) is 5.65. The van der Waals surface area contributed by atoms with Crippen LogP contribution in [0.3, 0.4) is 0 Å². The number of para-hydroxylation sites is 1. The lowest BCUT2D eigenvalue weighted by Crippen LogP contribution is -2.55. The van der Waals surface area contributed by atoms with Crippen molar-refractivity contribution in [1.29, 1.82) is 0 Å². The van der Waals surface area contributed by atoms with Crippen molar-refractivity contribution in [3.05, 3.63) is 29.8 Å². The quantitative estimate of drug-likeness (QED) is 0.725. The summed E-state index contributed by atoms with van der Waals surface area (Å²) >= 11 is 0. The summed E-state index contributed by atoms with van der Waals surface area (Å²) in [6, 6.07) is 5.95. The average Bonchev–Trinajstić information content (AvgIpc) is 3.16. The van der Waals surface area contributed by atoms with Gasteiger partial charge in [-0.1, -0.05) is 25.0 Å². The number of halogens is 3. The number of rotatable bonds is 6. The number of carbonyl (C=O) groups excluding carboxylic acids is 2. The van der Waals surface area contributed by atoms with Crippen molar-refractivity contribution in [2.75, 3.05) is 19.6 Å². The number of likely N-dealkylation sites (tertiary alicyclic amines) is 1. The Kier molecular flexibility index (Phi) is 8.22. The van der Waals surface area contributed by atoms with E-state index in [1.807, 2.05) is 0 Å². The van der Waals surface area contributed by atoms with Crippen LogP contribution >= 0.6 is 12.4 Å². The van der Waals surface area contributed by atoms with Crippen LogP contribution in [-0.4, -0.2) is 48.5 Å². The highest BCUT2D eigenvalue weighted by Gasteiger charge is 2.37. The van der Waals surface area contributed by atoms with E-state index in [-0.39, 0.29) is 47.6 Å². The number of alkyl halides is 2. The first-order valence-electron chi connectivity index (χ1n) is 9.79. The van der Waals surface area contributed by atoms with E-state index >= 15 is 0 Å². The zero-order valence-corrected chi connectivity index (χ0v) is 17.1. The van der Waals surface area contributed by atoms with Crippen LogP contribution in [-0.2, 0) is 4.79 Å². The smallest absolute Gasteiger partial charge is 0.387 e. The fourth-order valence-electron chi connectivity index (χ4n) is 4.18. The first kappa shape index (κ1) is 23.3. The van der Waals surface area contributed by atoms with Crippen LogP contribution in [0.2, 0.25) is 0 Å². The molecule has 1 aliphatic carbocycles. The Hall–Kier alpha value is -1.93. The first-order valence-corrected chi connectivity index (χ1v) is 9.79. The normalized spacial score (nSPS) is 20.8. The van der Waals surface area contributed by atoms with Crippen LogP contribution < -0.4 is 15.8 Å². The molecule has 9 heteroatoms. The highest BCUT2D eigenvalue weighted by atomic mass is 35.5. The lowest BCUT2D eigenvalue weighted by atomic mass is 9.92. The molecular weight excluding hydrogens is 404 g/mol. The van der Waals surface area contributed by atoms with Crippen molar-refractivity contribution in [2.45, 2.75) is 50.7 Å². The Balaban J connectivity index is 0.00000300. The molecule has 0 radical (unpaired) electrons. The molecule has 2 fully saturated rings. The minimum Gasteiger partial charge on any atom is -0.434 e. The number of piperidine rings is 1. The molecule has 0 bridgehead atoms. The van der Waals surface area contributed by atoms with Crippen molar-refractivity contribution < 1.29 is 23.1 Å². The van der Waals surface area contributed by atoms with E-state index in [0.717, 1.165) is 25.7 Å². The lowest BCUT2D eigenvalue weighted by molar-refractivity contribution is -0.128. The molecule has 29 heavy (non-hydrogen) atoms. The van der Waals surface area contributed by atoms with Crippen LogP contribution in [0.4, 0.5) is 8.78 Å². The Morgan fingerprint density at radius 2 is 1.93 bits per heavy atom. The fraction of sp³-hybridized carbons (Fsp3) is 0.600. The molecule has 1 saturated carbocycles. The van der Waals surface area contributed by atoms with Gasteiger partial charge in [-0.3, -0.25) is 9.59 Å². The highest BCUT2D eigenvalue weighted by Crippen LogP contribution is 2.30. The molecule has 1 atom stereocenters. The molecule has 0 aromatic heterocycles. The van der Waals surface area contributed by atoms with Crippen molar-refractivity contribution >= 4 is 24.2 Å². The predicted octanol–water partition coefficient (Wildman–Crippen LogP) is 2.95. The van der Waals surface area contributed by atoms with Crippen LogP contribution in [0.5, 0.6) is 5.75 Å². The number of nitrogens with two attached hydrogens (primary N) is 1. The third-order valence-corrected chi connectivity index (χ3v) is 5.75. The summed E-state index contributed by atoms with van der Waals surface area (Å²) in [5.74, 6) is -0.961. The maximum atomic E-state index is 12.9. The molecule has 6 nitrogen and oxygen atoms in total. The molecule has 3 N–H and O–H groups in total. The van der Waals surface area contributed by atoms with E-state index in [4.69, 9.17) is 5.73 Å². The summed E-state index contributed by atoms with van der Waals surface area (Å²) in [6.07, 6.45) is 5.22. The number of amides is 2. The molecule has 2 amide bonds. The number of nitrogens with zero attached hydrogens (tertiary/aromatic N) is 1. The van der Waals surface area contributed by atoms with Gasteiger partial charge < -0.3 is 20.7 Å². The molecule has 1 unspecified atom stereocenters. The minimum absolute atomic E-state index is 0. The Bertz CT molecular complexity index is 714. The summed E-state index contributed by atoms with van der Waals surface area (Å²) in [6.45, 7) is -1.86. The Morgan fingerprint density at radius 1 is 1.24 bits per heavy atom. The van der Waals surface area contributed by atoms with E-state index < -0.39 is 12.5 Å². The molecule has 1 aromatic rings. The third-order valence-electron chi connectivity index (χ3n) is 5.75. The van der Waals surface area contributed by atoms with Gasteiger partial charge in [-0.2, -0.15) is 8.78 Å². The van der Waals surface area contributed by atoms with Gasteiger partial charge >= 0.3 is 6.61 Å². The lowest BCUT2D eigenvalue weighted by Gasteiger charge is -2.35. The number of benzene rings is 1. The highest BCUT2D eigenvalue weighted by molar-refractivity contribution is 5.97. The van der Waals surface area contributed by atoms with Crippen molar-refractivity contribution in [3.63, 3.8) is 0 Å². The second kappa shape index (κ2) is 10.2. The maximum Gasteiger partial charge on any atom is 0.387 e. The van der Waals surface area contributed by atoms with Gasteiger partial charge in [0.25, 0.3) is 5.91 Å². The molecule has 1 heterocycles. The summed E-state index contributed by atoms with van der Waals surface area (Å²) in [7, 11) is 0. The van der Waals surface area contributed by atoms with Gasteiger partial charge in [0.15, 0.2) is 0 Å². The van der Waals surface area contributed by atoms with Gasteiger partial charge in [0.2, 0.25) is 5.91 Å². The third kappa shape index (κ3) is 5.57. The molecule has 3 rings (SSSR count). The maximum absolute atomic E-state index is 12.9. The average molecular weight is 432 g/mol. The summed E-state index contributed by atoms with van der Waals surface area (Å²) in [4.78, 5) is 27.2. The van der Waals surface area contributed by atoms with Crippen molar-refractivity contribution in [3.8, 4) is 5.75 Å². The topological polar surface area (TPSA) is 84.7 Å². The number of ether oxygens (including phenoxy) is 1. The number of carbonyl (C=O) groups is 2. The van der Waals surface area contributed by atoms with E-state index in [1.54, 1.807) is 11.0 Å². The van der Waals surface area contributed by atoms with Crippen LogP contribution in [0.1, 0.15) is 48.9 Å². The summed E-state index contributed by atoms with van der Waals surface area (Å²) < 4.78 is 29.7. The van der Waals surface area contributed by atoms with Gasteiger partial charge in [-0.15, -0.1) is 12.4 Å². The van der Waals surface area contributed by atoms with Crippen LogP contribution in [0.25, 0.3) is 0 Å². The Morgan fingerprint density at radius 3 is 2.59 bits per heavy atom. The molecule has 162 valence electrons. The monoisotopic (exact) mass is 431 g/mol. The van der Waals surface area contributed by atoms with Crippen LogP contribution in [0, 0.1) is 5.92 Å². The number of nitrogens with one attached hydrogen (secondary N) is 1. The molecule has 2 aliphatic rings. The SMILES string of the molecule is Cl.NCC1(NC(=O)C2CCCN(C(=O)c3ccccc3OC(F)F)C2)CCCC1. The zero-order chi connectivity index (χ0) is 20.1. The van der Waals surface area contributed by atoms with Gasteiger partial charge in [0.05, 0.1) is 17.0 Å². The number of hydrogen-bond acceptors (Lipinski definition) is 4. The zero-order valence-electron chi connectivity index (χ0n) is 16.2. The molecule has 1 aromatic carbocycles. The largest absolute Gasteiger partial charge is 0.434 e. The molecule has 0 spiro atoms. The number of hydrogen-bond donors (Lipinski definition) is 2. The second-order valence-corrected chi connectivity index (χ2v) is 7.65. The Labute approximate surface area is 175 Å². The fourth-order valence-corrected chi connectivity index (χ4v) is 4.18. The van der Waals surface area contributed by atoms with E-state index in [2.05, 4.69) is 10.1 Å². The van der Waals surface area contributed by atoms with Gasteiger partial charge in [-0.05, 0) is 37.8 Å². The van der Waals surface area contributed by atoms with Gasteiger partial charge in [0, 0.05) is 19.6 Å². The molecule has 1 saturated heterocycles. The molecular formula is C20H28ClF2N3O3. The second-order valence-electron chi connectivity index (χ2n) is 7.65. The van der Waals surface area contributed by atoms with Gasteiger partial charge in [-0.25, -0.2) is 0 Å². The standard InChI is InChI=1S/C20H27F2N3O3.ClH/c21-19(22)28-16-8-2-1-7-15(16)18(27)25-11-5-6-14(12-25)17(26)24-20(13-23)9-3-4-10-20;/h1-2,7-8,14,19H,3-6,9-13,23H2,(H,24,26);1H.